The van der Waals surface area contributed by atoms with Gasteiger partial charge in [-0.05, 0) is 31.1 Å². The third kappa shape index (κ3) is 6.70. The largest absolute Gasteiger partial charge is 0.469 e. The van der Waals surface area contributed by atoms with Crippen molar-refractivity contribution in [3.63, 3.8) is 0 Å². The zero-order chi connectivity index (χ0) is 13.2. The zero-order valence-corrected chi connectivity index (χ0v) is 12.1. The molecule has 0 aliphatic rings. The molecule has 0 unspecified atom stereocenters. The maximum absolute atomic E-state index is 10.9. The van der Waals surface area contributed by atoms with Crippen LogP contribution in [0.25, 0.3) is 0 Å². The van der Waals surface area contributed by atoms with Gasteiger partial charge in [0.25, 0.3) is 0 Å². The summed E-state index contributed by atoms with van der Waals surface area (Å²) in [6, 6.07) is 8.71. The van der Waals surface area contributed by atoms with Crippen molar-refractivity contribution >= 4 is 17.7 Å². The fourth-order valence-corrected chi connectivity index (χ4v) is 2.61. The molecule has 0 spiro atoms. The molecule has 0 amide bonds. The topological polar surface area (TPSA) is 26.3 Å². The first-order chi connectivity index (χ1) is 8.72. The Bertz CT molecular complexity index is 346. The predicted molar refractivity (Wildman–Crippen MR) is 77.8 cm³/mol. The van der Waals surface area contributed by atoms with Crippen molar-refractivity contribution < 1.29 is 9.53 Å². The van der Waals surface area contributed by atoms with Crippen LogP contribution in [0.15, 0.2) is 24.3 Å². The predicted octanol–water partition coefficient (Wildman–Crippen LogP) is 3.96. The van der Waals surface area contributed by atoms with Crippen LogP contribution in [0.5, 0.6) is 0 Å². The summed E-state index contributed by atoms with van der Waals surface area (Å²) in [5, 5.41) is 0. The number of unbranched alkanes of at least 4 members (excludes halogenated alkanes) is 2. The highest BCUT2D eigenvalue weighted by Gasteiger charge is 1.99. The van der Waals surface area contributed by atoms with E-state index < -0.39 is 0 Å². The number of hydrogen-bond acceptors (Lipinski definition) is 3. The molecule has 18 heavy (non-hydrogen) atoms. The second kappa shape index (κ2) is 9.03. The van der Waals surface area contributed by atoms with Gasteiger partial charge in [0.1, 0.15) is 0 Å². The van der Waals surface area contributed by atoms with Crippen LogP contribution in [0.1, 0.15) is 36.8 Å². The molecule has 0 aliphatic carbocycles. The molecule has 2 nitrogen and oxygen atoms in total. The van der Waals surface area contributed by atoms with Crippen molar-refractivity contribution in [2.24, 2.45) is 0 Å². The van der Waals surface area contributed by atoms with Crippen molar-refractivity contribution in [1.82, 2.24) is 0 Å². The molecule has 0 saturated carbocycles. The Morgan fingerprint density at radius 2 is 1.89 bits per heavy atom. The number of carbonyl (C=O) groups is 1. The van der Waals surface area contributed by atoms with Crippen LogP contribution < -0.4 is 0 Å². The standard InChI is InChI=1S/C15H22O2S/c1-13-7-9-14(10-8-13)12-18-11-5-3-4-6-15(16)17-2/h7-10H,3-6,11-12H2,1-2H3. The number of esters is 1. The molecule has 0 atom stereocenters. The van der Waals surface area contributed by atoms with Gasteiger partial charge in [-0.3, -0.25) is 4.79 Å². The molecule has 0 aromatic heterocycles. The normalized spacial score (nSPS) is 10.3. The summed E-state index contributed by atoms with van der Waals surface area (Å²) in [6.45, 7) is 2.11. The molecule has 0 N–H and O–H groups in total. The van der Waals surface area contributed by atoms with Crippen LogP contribution >= 0.6 is 11.8 Å². The summed E-state index contributed by atoms with van der Waals surface area (Å²) < 4.78 is 4.60. The third-order valence-electron chi connectivity index (χ3n) is 2.79. The molecule has 0 radical (unpaired) electrons. The number of carbonyl (C=O) groups excluding carboxylic acids is 1. The summed E-state index contributed by atoms with van der Waals surface area (Å²) in [6.07, 6.45) is 3.78. The van der Waals surface area contributed by atoms with Crippen LogP contribution in [-0.4, -0.2) is 18.8 Å². The van der Waals surface area contributed by atoms with Gasteiger partial charge >= 0.3 is 5.97 Å². The zero-order valence-electron chi connectivity index (χ0n) is 11.3. The van der Waals surface area contributed by atoms with E-state index in [4.69, 9.17) is 0 Å². The van der Waals surface area contributed by atoms with Crippen molar-refractivity contribution in [3.05, 3.63) is 35.4 Å². The van der Waals surface area contributed by atoms with E-state index in [0.29, 0.717) is 6.42 Å². The van der Waals surface area contributed by atoms with Gasteiger partial charge in [0, 0.05) is 12.2 Å². The van der Waals surface area contributed by atoms with Crippen LogP contribution in [0.2, 0.25) is 0 Å². The van der Waals surface area contributed by atoms with E-state index in [1.165, 1.54) is 24.7 Å². The summed E-state index contributed by atoms with van der Waals surface area (Å²) in [5.74, 6) is 2.15. The minimum Gasteiger partial charge on any atom is -0.469 e. The maximum atomic E-state index is 10.9. The van der Waals surface area contributed by atoms with Crippen molar-refractivity contribution in [3.8, 4) is 0 Å². The molecule has 0 heterocycles. The molecule has 3 heteroatoms. The highest BCUT2D eigenvalue weighted by molar-refractivity contribution is 7.98. The first-order valence-corrected chi connectivity index (χ1v) is 7.58. The number of thioether (sulfide) groups is 1. The van der Waals surface area contributed by atoms with Gasteiger partial charge in [-0.15, -0.1) is 0 Å². The number of ether oxygens (including phenoxy) is 1. The lowest BCUT2D eigenvalue weighted by molar-refractivity contribution is -0.140. The van der Waals surface area contributed by atoms with E-state index in [9.17, 15) is 4.79 Å². The van der Waals surface area contributed by atoms with Crippen LogP contribution in [0.4, 0.5) is 0 Å². The molecule has 1 aromatic rings. The van der Waals surface area contributed by atoms with Gasteiger partial charge < -0.3 is 4.74 Å². The number of hydrogen-bond donors (Lipinski definition) is 0. The van der Waals surface area contributed by atoms with Crippen molar-refractivity contribution in [2.75, 3.05) is 12.9 Å². The van der Waals surface area contributed by atoms with Gasteiger partial charge in [-0.25, -0.2) is 0 Å². The molecule has 1 rings (SSSR count). The van der Waals surface area contributed by atoms with E-state index in [1.54, 1.807) is 0 Å². The minimum atomic E-state index is -0.0951. The highest BCUT2D eigenvalue weighted by Crippen LogP contribution is 2.15. The minimum absolute atomic E-state index is 0.0951. The summed E-state index contributed by atoms with van der Waals surface area (Å²) in [5.41, 5.74) is 2.70. The Balaban J connectivity index is 1.99. The summed E-state index contributed by atoms with van der Waals surface area (Å²) in [4.78, 5) is 10.9. The van der Waals surface area contributed by atoms with E-state index in [2.05, 4.69) is 35.9 Å². The molecule has 0 bridgehead atoms. The Kier molecular flexibility index (Phi) is 7.58. The van der Waals surface area contributed by atoms with Crippen LogP contribution in [-0.2, 0) is 15.3 Å². The highest BCUT2D eigenvalue weighted by atomic mass is 32.2. The molecule has 1 aromatic carbocycles. The maximum Gasteiger partial charge on any atom is 0.305 e. The average molecular weight is 266 g/mol. The SMILES string of the molecule is COC(=O)CCCCCSCc1ccc(C)cc1. The number of rotatable bonds is 8. The van der Waals surface area contributed by atoms with Gasteiger partial charge in [-0.1, -0.05) is 36.2 Å². The van der Waals surface area contributed by atoms with Gasteiger partial charge in [-0.2, -0.15) is 11.8 Å². The van der Waals surface area contributed by atoms with E-state index >= 15 is 0 Å². The second-order valence-electron chi connectivity index (χ2n) is 4.42. The number of methoxy groups -OCH3 is 1. The molecule has 0 fully saturated rings. The van der Waals surface area contributed by atoms with E-state index in [-0.39, 0.29) is 5.97 Å². The third-order valence-corrected chi connectivity index (χ3v) is 3.90. The fraction of sp³-hybridized carbons (Fsp3) is 0.533. The fourth-order valence-electron chi connectivity index (χ4n) is 1.63. The Morgan fingerprint density at radius 1 is 1.17 bits per heavy atom. The van der Waals surface area contributed by atoms with Gasteiger partial charge in [0.05, 0.1) is 7.11 Å². The molecular weight excluding hydrogens is 244 g/mol. The lowest BCUT2D eigenvalue weighted by Crippen LogP contribution is -1.99. The molecule has 100 valence electrons. The van der Waals surface area contributed by atoms with Crippen molar-refractivity contribution in [1.29, 1.82) is 0 Å². The van der Waals surface area contributed by atoms with E-state index in [0.717, 1.165) is 24.3 Å². The number of benzene rings is 1. The smallest absolute Gasteiger partial charge is 0.305 e. The Hall–Kier alpha value is -0.960. The average Bonchev–Trinajstić information content (AvgIpc) is 2.39. The first kappa shape index (κ1) is 15.1. The van der Waals surface area contributed by atoms with Gasteiger partial charge in [0.15, 0.2) is 0 Å². The van der Waals surface area contributed by atoms with Gasteiger partial charge in [0.2, 0.25) is 0 Å². The molecule has 0 saturated heterocycles. The Morgan fingerprint density at radius 3 is 2.56 bits per heavy atom. The van der Waals surface area contributed by atoms with E-state index in [1.807, 2.05) is 11.8 Å². The Labute approximate surface area is 114 Å². The quantitative estimate of drug-likeness (QED) is 0.526. The summed E-state index contributed by atoms with van der Waals surface area (Å²) in [7, 11) is 1.44. The lowest BCUT2D eigenvalue weighted by Gasteiger charge is -2.03. The summed E-state index contributed by atoms with van der Waals surface area (Å²) >= 11 is 1.96. The molecule has 0 aliphatic heterocycles. The van der Waals surface area contributed by atoms with Crippen LogP contribution in [0, 0.1) is 6.92 Å². The monoisotopic (exact) mass is 266 g/mol. The number of aryl methyl sites for hydroxylation is 1. The lowest BCUT2D eigenvalue weighted by atomic mass is 10.2. The molecular formula is C15H22O2S. The van der Waals surface area contributed by atoms with Crippen LogP contribution in [0.3, 0.4) is 0 Å². The van der Waals surface area contributed by atoms with Crippen molar-refractivity contribution in [2.45, 2.75) is 38.4 Å². The first-order valence-electron chi connectivity index (χ1n) is 6.42. The second-order valence-corrected chi connectivity index (χ2v) is 5.53.